The van der Waals surface area contributed by atoms with Crippen LogP contribution in [0.4, 0.5) is 0 Å². The fourth-order valence-corrected chi connectivity index (χ4v) is 6.03. The second kappa shape index (κ2) is 5.28. The minimum absolute atomic E-state index is 0.579. The van der Waals surface area contributed by atoms with Gasteiger partial charge in [0.05, 0.1) is 0 Å². The highest BCUT2D eigenvalue weighted by molar-refractivity contribution is 6.31. The Labute approximate surface area is 133 Å². The second-order valence-electron chi connectivity index (χ2n) is 7.97. The quantitative estimate of drug-likeness (QED) is 0.822. The normalized spacial score (nSPS) is 38.7. The average molecular weight is 304 g/mol. The molecule has 0 saturated heterocycles. The molecule has 1 atom stereocenters. The van der Waals surface area contributed by atoms with Crippen LogP contribution >= 0.6 is 11.6 Å². The first-order chi connectivity index (χ1) is 10.1. The molecule has 4 aliphatic rings. The van der Waals surface area contributed by atoms with E-state index in [2.05, 4.69) is 24.4 Å². The lowest BCUT2D eigenvalue weighted by atomic mass is 9.48. The lowest BCUT2D eigenvalue weighted by molar-refractivity contribution is -0.0706. The molecule has 1 aromatic rings. The molecule has 0 aromatic heterocycles. The molecule has 114 valence electrons. The summed E-state index contributed by atoms with van der Waals surface area (Å²) in [6, 6.07) is 8.84. The summed E-state index contributed by atoms with van der Waals surface area (Å²) in [6.45, 7) is 3.33. The van der Waals surface area contributed by atoms with E-state index >= 15 is 0 Å². The summed E-state index contributed by atoms with van der Waals surface area (Å²) in [6.07, 6.45) is 8.98. The predicted octanol–water partition coefficient (Wildman–Crippen LogP) is 5.03. The fraction of sp³-hybridized carbons (Fsp3) is 0.684. The summed E-state index contributed by atoms with van der Waals surface area (Å²) >= 11 is 6.29. The number of rotatable bonds is 4. The van der Waals surface area contributed by atoms with Crippen molar-refractivity contribution < 1.29 is 0 Å². The number of halogens is 1. The van der Waals surface area contributed by atoms with E-state index in [0.29, 0.717) is 11.5 Å². The maximum absolute atomic E-state index is 6.29. The Kier molecular flexibility index (Phi) is 3.54. The molecule has 4 saturated carbocycles. The molecule has 5 rings (SSSR count). The van der Waals surface area contributed by atoms with Crippen LogP contribution in [-0.4, -0.2) is 6.04 Å². The van der Waals surface area contributed by atoms with Crippen LogP contribution in [0.25, 0.3) is 0 Å². The summed E-state index contributed by atoms with van der Waals surface area (Å²) in [5, 5.41) is 4.70. The Morgan fingerprint density at radius 2 is 1.67 bits per heavy atom. The third kappa shape index (κ3) is 2.53. The van der Waals surface area contributed by atoms with Gasteiger partial charge in [-0.05, 0) is 80.2 Å². The average Bonchev–Trinajstić information content (AvgIpc) is 2.44. The van der Waals surface area contributed by atoms with E-state index in [-0.39, 0.29) is 0 Å². The van der Waals surface area contributed by atoms with E-state index in [1.54, 1.807) is 0 Å². The zero-order chi connectivity index (χ0) is 14.4. The van der Waals surface area contributed by atoms with E-state index in [9.17, 15) is 0 Å². The number of hydrogen-bond acceptors (Lipinski definition) is 1. The van der Waals surface area contributed by atoms with E-state index in [1.807, 2.05) is 12.1 Å². The van der Waals surface area contributed by atoms with Gasteiger partial charge in [-0.1, -0.05) is 29.8 Å². The van der Waals surface area contributed by atoms with Crippen LogP contribution in [0.5, 0.6) is 0 Å². The van der Waals surface area contributed by atoms with Crippen LogP contribution in [-0.2, 0) is 6.54 Å². The summed E-state index contributed by atoms with van der Waals surface area (Å²) in [4.78, 5) is 0. The molecule has 0 amide bonds. The van der Waals surface area contributed by atoms with Crippen molar-refractivity contribution >= 4 is 11.6 Å². The Morgan fingerprint density at radius 1 is 1.10 bits per heavy atom. The van der Waals surface area contributed by atoms with Crippen molar-refractivity contribution in [1.29, 1.82) is 0 Å². The lowest BCUT2D eigenvalue weighted by Crippen LogP contribution is -2.54. The van der Waals surface area contributed by atoms with Crippen LogP contribution in [0.3, 0.4) is 0 Å². The topological polar surface area (TPSA) is 12.0 Å². The molecule has 1 aromatic carbocycles. The van der Waals surface area contributed by atoms with Gasteiger partial charge in [0, 0.05) is 17.6 Å². The van der Waals surface area contributed by atoms with E-state index in [0.717, 1.165) is 29.3 Å². The largest absolute Gasteiger partial charge is 0.310 e. The zero-order valence-electron chi connectivity index (χ0n) is 12.9. The van der Waals surface area contributed by atoms with Crippen molar-refractivity contribution in [2.75, 3.05) is 0 Å². The molecule has 2 heteroatoms. The molecule has 1 nitrogen and oxygen atoms in total. The standard InChI is InChI=1S/C19H26ClN/c1-13(21-12-17-4-2-3-5-18(17)20)19-9-14-6-15(10-19)8-16(7-14)11-19/h2-5,13-16,21H,6-12H2,1H3. The smallest absolute Gasteiger partial charge is 0.0450 e. The van der Waals surface area contributed by atoms with Crippen LogP contribution in [0, 0.1) is 23.2 Å². The van der Waals surface area contributed by atoms with Gasteiger partial charge in [-0.3, -0.25) is 0 Å². The van der Waals surface area contributed by atoms with Crippen molar-refractivity contribution in [2.45, 2.75) is 58.0 Å². The van der Waals surface area contributed by atoms with Crippen molar-refractivity contribution in [3.05, 3.63) is 34.9 Å². The molecule has 0 spiro atoms. The first-order valence-corrected chi connectivity index (χ1v) is 8.99. The molecule has 0 heterocycles. The molecular formula is C19H26ClN. The van der Waals surface area contributed by atoms with Crippen molar-refractivity contribution in [3.8, 4) is 0 Å². The Morgan fingerprint density at radius 3 is 2.24 bits per heavy atom. The molecule has 4 fully saturated rings. The predicted molar refractivity (Wildman–Crippen MR) is 88.4 cm³/mol. The molecule has 4 bridgehead atoms. The van der Waals surface area contributed by atoms with Gasteiger partial charge in [-0.2, -0.15) is 0 Å². The summed E-state index contributed by atoms with van der Waals surface area (Å²) in [5.74, 6) is 3.09. The number of hydrogen-bond donors (Lipinski definition) is 1. The monoisotopic (exact) mass is 303 g/mol. The first kappa shape index (κ1) is 14.1. The first-order valence-electron chi connectivity index (χ1n) is 8.61. The molecule has 4 aliphatic carbocycles. The highest BCUT2D eigenvalue weighted by atomic mass is 35.5. The van der Waals surface area contributed by atoms with Gasteiger partial charge in [0.1, 0.15) is 0 Å². The van der Waals surface area contributed by atoms with Crippen LogP contribution < -0.4 is 5.32 Å². The van der Waals surface area contributed by atoms with Gasteiger partial charge in [-0.25, -0.2) is 0 Å². The Balaban J connectivity index is 1.45. The zero-order valence-corrected chi connectivity index (χ0v) is 13.7. The van der Waals surface area contributed by atoms with Crippen molar-refractivity contribution in [3.63, 3.8) is 0 Å². The SMILES string of the molecule is CC(NCc1ccccc1Cl)C12CC3CC(CC(C3)C1)C2. The van der Waals surface area contributed by atoms with E-state index in [1.165, 1.54) is 44.1 Å². The van der Waals surface area contributed by atoms with Gasteiger partial charge < -0.3 is 5.32 Å². The molecule has 21 heavy (non-hydrogen) atoms. The van der Waals surface area contributed by atoms with Gasteiger partial charge in [-0.15, -0.1) is 0 Å². The molecule has 0 aliphatic heterocycles. The van der Waals surface area contributed by atoms with Gasteiger partial charge in [0.2, 0.25) is 0 Å². The summed E-state index contributed by atoms with van der Waals surface area (Å²) in [7, 11) is 0. The molecular weight excluding hydrogens is 278 g/mol. The van der Waals surface area contributed by atoms with Crippen LogP contribution in [0.15, 0.2) is 24.3 Å². The van der Waals surface area contributed by atoms with E-state index < -0.39 is 0 Å². The maximum Gasteiger partial charge on any atom is 0.0450 e. The Bertz CT molecular complexity index is 489. The van der Waals surface area contributed by atoms with E-state index in [4.69, 9.17) is 11.6 Å². The molecule has 0 radical (unpaired) electrons. The highest BCUT2D eigenvalue weighted by Gasteiger charge is 2.52. The Hall–Kier alpha value is -0.530. The highest BCUT2D eigenvalue weighted by Crippen LogP contribution is 2.61. The van der Waals surface area contributed by atoms with Crippen LogP contribution in [0.2, 0.25) is 5.02 Å². The lowest BCUT2D eigenvalue weighted by Gasteiger charge is -2.59. The summed E-state index contributed by atoms with van der Waals surface area (Å²) < 4.78 is 0. The number of nitrogens with one attached hydrogen (secondary N) is 1. The third-order valence-corrected chi connectivity index (χ3v) is 6.93. The third-order valence-electron chi connectivity index (χ3n) is 6.56. The van der Waals surface area contributed by atoms with Crippen molar-refractivity contribution in [2.24, 2.45) is 23.2 Å². The summed E-state index contributed by atoms with van der Waals surface area (Å²) in [5.41, 5.74) is 1.81. The minimum Gasteiger partial charge on any atom is -0.310 e. The fourth-order valence-electron chi connectivity index (χ4n) is 5.83. The minimum atomic E-state index is 0.579. The van der Waals surface area contributed by atoms with Gasteiger partial charge in [0.15, 0.2) is 0 Å². The maximum atomic E-state index is 6.29. The molecule has 1 N–H and O–H groups in total. The van der Waals surface area contributed by atoms with Gasteiger partial charge >= 0.3 is 0 Å². The molecule has 1 unspecified atom stereocenters. The number of benzene rings is 1. The van der Waals surface area contributed by atoms with Crippen molar-refractivity contribution in [1.82, 2.24) is 5.32 Å². The van der Waals surface area contributed by atoms with Gasteiger partial charge in [0.25, 0.3) is 0 Å². The van der Waals surface area contributed by atoms with Crippen LogP contribution in [0.1, 0.15) is 51.0 Å². The second-order valence-corrected chi connectivity index (χ2v) is 8.38.